The molecule has 3 heterocycles. The van der Waals surface area contributed by atoms with Gasteiger partial charge in [0.05, 0.1) is 34.2 Å². The molecule has 1 aliphatic carbocycles. The average molecular weight is 606 g/mol. The van der Waals surface area contributed by atoms with Crippen LogP contribution in [0.4, 0.5) is 11.5 Å². The lowest BCUT2D eigenvalue weighted by molar-refractivity contribution is -0.112. The van der Waals surface area contributed by atoms with Gasteiger partial charge in [-0.2, -0.15) is 13.5 Å². The van der Waals surface area contributed by atoms with Crippen LogP contribution in [0.2, 0.25) is 10.0 Å². The fourth-order valence-electron chi connectivity index (χ4n) is 4.61. The van der Waals surface area contributed by atoms with Gasteiger partial charge in [-0.15, -0.1) is 0 Å². The molecule has 210 valence electrons. The maximum atomic E-state index is 13.6. The molecule has 0 spiro atoms. The highest BCUT2D eigenvalue weighted by molar-refractivity contribution is 7.90. The Labute approximate surface area is 241 Å². The zero-order valence-electron chi connectivity index (χ0n) is 21.3. The molecule has 1 aromatic carbocycles. The molecule has 4 N–H and O–H groups in total. The molecule has 0 saturated heterocycles. The predicted molar refractivity (Wildman–Crippen MR) is 153 cm³/mol. The zero-order valence-corrected chi connectivity index (χ0v) is 23.6. The largest absolute Gasteiger partial charge is 0.349 e. The van der Waals surface area contributed by atoms with Crippen LogP contribution in [-0.2, 0) is 14.9 Å². The summed E-state index contributed by atoms with van der Waals surface area (Å²) in [6.07, 6.45) is 5.02. The Morgan fingerprint density at radius 1 is 1.20 bits per heavy atom. The molecule has 1 saturated carbocycles. The summed E-state index contributed by atoms with van der Waals surface area (Å²) in [4.78, 5) is 31.8. The first-order valence-electron chi connectivity index (χ1n) is 12.5. The molecular formula is C26H26Cl2N6O5S. The SMILES string of the molecule is CC(NC(=O)c1cc(Cl)ccc1NC(=O)C1=CC(S(=O)(=O)O)=C(C2=NNCC2)N(c2ncccc2Cl)C1)C1CC1. The topological polar surface area (TPSA) is 153 Å². The van der Waals surface area contributed by atoms with Crippen molar-refractivity contribution in [3.63, 3.8) is 0 Å². The average Bonchev–Trinajstić information content (AvgIpc) is 3.63. The number of benzene rings is 1. The minimum Gasteiger partial charge on any atom is -0.349 e. The van der Waals surface area contributed by atoms with Crippen molar-refractivity contribution in [2.45, 2.75) is 32.2 Å². The lowest BCUT2D eigenvalue weighted by atomic mass is 10.0. The number of hydrogen-bond donors (Lipinski definition) is 4. The standard InChI is InChI=1S/C26H26Cl2N6O5S/c1-14(15-4-5-15)31-26(36)18-12-17(27)6-7-20(18)32-25(35)16-11-22(40(37,38)39)23(21-8-10-30-33-21)34(13-16)24-19(28)3-2-9-29-24/h2-3,6-7,9,11-12,14-15,30H,4-5,8,10,13H2,1H3,(H,31,36)(H,32,35)(H,37,38,39). The van der Waals surface area contributed by atoms with Crippen LogP contribution < -0.4 is 21.0 Å². The molecule has 2 amide bonds. The minimum atomic E-state index is -4.83. The first kappa shape index (κ1) is 28.1. The Balaban J connectivity index is 1.53. The molecule has 0 radical (unpaired) electrons. The van der Waals surface area contributed by atoms with Gasteiger partial charge in [0.15, 0.2) is 5.82 Å². The maximum absolute atomic E-state index is 13.6. The number of allylic oxidation sites excluding steroid dienone is 2. The second kappa shape index (κ2) is 11.2. The number of halogens is 2. The van der Waals surface area contributed by atoms with Gasteiger partial charge >= 0.3 is 0 Å². The highest BCUT2D eigenvalue weighted by Gasteiger charge is 2.36. The molecule has 14 heteroatoms. The van der Waals surface area contributed by atoms with Crippen LogP contribution in [0.1, 0.15) is 36.5 Å². The van der Waals surface area contributed by atoms with Gasteiger partial charge in [0.2, 0.25) is 0 Å². The van der Waals surface area contributed by atoms with Crippen LogP contribution >= 0.6 is 23.2 Å². The second-order valence-electron chi connectivity index (χ2n) is 9.71. The summed E-state index contributed by atoms with van der Waals surface area (Å²) < 4.78 is 35.4. The van der Waals surface area contributed by atoms with Crippen molar-refractivity contribution < 1.29 is 22.6 Å². The number of anilines is 2. The Morgan fingerprint density at radius 2 is 1.98 bits per heavy atom. The quantitative estimate of drug-likeness (QED) is 0.332. The van der Waals surface area contributed by atoms with Gasteiger partial charge in [0.25, 0.3) is 21.9 Å². The highest BCUT2D eigenvalue weighted by Crippen LogP contribution is 2.35. The third-order valence-corrected chi connectivity index (χ3v) is 8.22. The van der Waals surface area contributed by atoms with E-state index < -0.39 is 26.8 Å². The first-order chi connectivity index (χ1) is 19.0. The van der Waals surface area contributed by atoms with E-state index in [9.17, 15) is 22.6 Å². The molecule has 3 aliphatic rings. The summed E-state index contributed by atoms with van der Waals surface area (Å²) in [5, 5.41) is 10.3. The number of hydrazone groups is 1. The number of hydrogen-bond acceptors (Lipinski definition) is 8. The van der Waals surface area contributed by atoms with Gasteiger partial charge in [0.1, 0.15) is 4.91 Å². The van der Waals surface area contributed by atoms with Crippen molar-refractivity contribution in [2.75, 3.05) is 23.3 Å². The summed E-state index contributed by atoms with van der Waals surface area (Å²) in [6.45, 7) is 2.23. The van der Waals surface area contributed by atoms with E-state index in [1.807, 2.05) is 6.92 Å². The van der Waals surface area contributed by atoms with E-state index in [1.165, 1.54) is 29.3 Å². The molecule has 2 aromatic rings. The van der Waals surface area contributed by atoms with E-state index in [0.29, 0.717) is 29.6 Å². The second-order valence-corrected chi connectivity index (χ2v) is 11.9. The van der Waals surface area contributed by atoms with Gasteiger partial charge in [-0.1, -0.05) is 23.2 Å². The van der Waals surface area contributed by atoms with Crippen molar-refractivity contribution in [3.8, 4) is 0 Å². The van der Waals surface area contributed by atoms with Crippen molar-refractivity contribution in [1.82, 2.24) is 15.7 Å². The maximum Gasteiger partial charge on any atom is 0.296 e. The van der Waals surface area contributed by atoms with Crippen LogP contribution in [0.25, 0.3) is 0 Å². The Bertz CT molecular complexity index is 1590. The Kier molecular flexibility index (Phi) is 7.87. The molecule has 1 unspecified atom stereocenters. The zero-order chi connectivity index (χ0) is 28.6. The number of nitrogens with zero attached hydrogens (tertiary/aromatic N) is 3. The summed E-state index contributed by atoms with van der Waals surface area (Å²) in [6, 6.07) is 7.62. The third kappa shape index (κ3) is 5.99. The van der Waals surface area contributed by atoms with Crippen LogP contribution in [0, 0.1) is 5.92 Å². The van der Waals surface area contributed by atoms with E-state index in [4.69, 9.17) is 23.2 Å². The summed E-state index contributed by atoms with van der Waals surface area (Å²) in [7, 11) is -4.83. The number of aromatic nitrogens is 1. The molecule has 1 aromatic heterocycles. The fraction of sp³-hybridized carbons (Fsp3) is 0.308. The van der Waals surface area contributed by atoms with E-state index in [-0.39, 0.29) is 45.9 Å². The Hall–Kier alpha value is -3.45. The monoisotopic (exact) mass is 604 g/mol. The Morgan fingerprint density at radius 3 is 2.62 bits per heavy atom. The molecular weight excluding hydrogens is 579 g/mol. The van der Waals surface area contributed by atoms with Crippen LogP contribution in [-0.4, -0.2) is 54.6 Å². The highest BCUT2D eigenvalue weighted by atomic mass is 35.5. The number of carbonyl (C=O) groups is 2. The minimum absolute atomic E-state index is 0.0303. The van der Waals surface area contributed by atoms with E-state index >= 15 is 0 Å². The van der Waals surface area contributed by atoms with Gasteiger partial charge in [-0.05, 0) is 62.1 Å². The fourth-order valence-corrected chi connectivity index (χ4v) is 5.77. The smallest absolute Gasteiger partial charge is 0.296 e. The summed E-state index contributed by atoms with van der Waals surface area (Å²) in [5.41, 5.74) is 3.52. The first-order valence-corrected chi connectivity index (χ1v) is 14.7. The van der Waals surface area contributed by atoms with Crippen molar-refractivity contribution in [3.05, 3.63) is 74.4 Å². The lowest BCUT2D eigenvalue weighted by Crippen LogP contribution is -2.38. The van der Waals surface area contributed by atoms with Crippen LogP contribution in [0.3, 0.4) is 0 Å². The number of amides is 2. The number of rotatable bonds is 8. The predicted octanol–water partition coefficient (Wildman–Crippen LogP) is 3.75. The van der Waals surface area contributed by atoms with E-state index in [0.717, 1.165) is 18.9 Å². The van der Waals surface area contributed by atoms with Crippen molar-refractivity contribution in [1.29, 1.82) is 0 Å². The molecule has 1 fully saturated rings. The van der Waals surface area contributed by atoms with E-state index in [2.05, 4.69) is 26.1 Å². The molecule has 0 bridgehead atoms. The molecule has 5 rings (SSSR count). The van der Waals surface area contributed by atoms with Gasteiger partial charge in [-0.3, -0.25) is 14.1 Å². The number of pyridine rings is 1. The summed E-state index contributed by atoms with van der Waals surface area (Å²) in [5.74, 6) is -0.508. The van der Waals surface area contributed by atoms with Crippen LogP contribution in [0.5, 0.6) is 0 Å². The van der Waals surface area contributed by atoms with Crippen molar-refractivity contribution >= 4 is 62.4 Å². The number of nitrogens with one attached hydrogen (secondary N) is 3. The van der Waals surface area contributed by atoms with E-state index in [1.54, 1.807) is 12.1 Å². The van der Waals surface area contributed by atoms with Gasteiger partial charge in [-0.25, -0.2) is 4.98 Å². The lowest BCUT2D eigenvalue weighted by Gasteiger charge is -2.32. The molecule has 11 nitrogen and oxygen atoms in total. The molecule has 40 heavy (non-hydrogen) atoms. The third-order valence-electron chi connectivity index (χ3n) is 6.82. The molecule has 1 atom stereocenters. The van der Waals surface area contributed by atoms with Gasteiger partial charge in [0, 0.05) is 35.8 Å². The molecule has 2 aliphatic heterocycles. The van der Waals surface area contributed by atoms with Crippen molar-refractivity contribution in [2.24, 2.45) is 11.0 Å². The summed E-state index contributed by atoms with van der Waals surface area (Å²) >= 11 is 12.6. The van der Waals surface area contributed by atoms with Gasteiger partial charge < -0.3 is 21.0 Å². The van der Waals surface area contributed by atoms with Crippen LogP contribution in [0.15, 0.2) is 63.9 Å². The number of carbonyl (C=O) groups excluding carboxylic acids is 2. The normalized spacial score (nSPS) is 18.1.